The summed E-state index contributed by atoms with van der Waals surface area (Å²) in [6.45, 7) is 2.59. The van der Waals surface area contributed by atoms with Gasteiger partial charge in [-0.25, -0.2) is 4.98 Å². The normalized spacial score (nSPS) is 17.6. The summed E-state index contributed by atoms with van der Waals surface area (Å²) in [4.78, 5) is 8.70. The molecule has 1 aliphatic carbocycles. The zero-order valence-corrected chi connectivity index (χ0v) is 9.75. The molecule has 0 bridgehead atoms. The molecule has 0 spiro atoms. The van der Waals surface area contributed by atoms with Crippen molar-refractivity contribution in [3.05, 3.63) is 16.2 Å². The molecule has 3 rings (SSSR count). The molecule has 2 aromatic rings. The van der Waals surface area contributed by atoms with Crippen LogP contribution in [0.2, 0.25) is 0 Å². The van der Waals surface area contributed by atoms with Gasteiger partial charge in [0.15, 0.2) is 5.82 Å². The number of nitrogens with zero attached hydrogens (tertiary/aromatic N) is 3. The largest absolute Gasteiger partial charge is 0.332 e. The number of hydrogen-bond acceptors (Lipinski definition) is 6. The van der Waals surface area contributed by atoms with E-state index in [0.29, 0.717) is 12.4 Å². The average molecular weight is 236 g/mol. The van der Waals surface area contributed by atoms with E-state index < -0.39 is 0 Å². The fourth-order valence-electron chi connectivity index (χ4n) is 1.49. The Bertz CT molecular complexity index is 514. The molecule has 0 atom stereocenters. The highest BCUT2D eigenvalue weighted by Gasteiger charge is 2.43. The molecule has 6 heteroatoms. The molecule has 1 saturated carbocycles. The molecule has 0 aliphatic heterocycles. The van der Waals surface area contributed by atoms with E-state index in [1.54, 1.807) is 0 Å². The van der Waals surface area contributed by atoms with Crippen LogP contribution in [-0.4, -0.2) is 15.1 Å². The Morgan fingerprint density at radius 3 is 2.94 bits per heavy atom. The van der Waals surface area contributed by atoms with Crippen LogP contribution < -0.4 is 5.73 Å². The summed E-state index contributed by atoms with van der Waals surface area (Å²) in [7, 11) is 0. The topological polar surface area (TPSA) is 77.8 Å². The third-order valence-corrected chi connectivity index (χ3v) is 3.78. The molecule has 2 aromatic heterocycles. The quantitative estimate of drug-likeness (QED) is 0.877. The highest BCUT2D eigenvalue weighted by Crippen LogP contribution is 2.46. The van der Waals surface area contributed by atoms with Gasteiger partial charge in [0.1, 0.15) is 10.7 Å². The lowest BCUT2D eigenvalue weighted by Gasteiger charge is -1.96. The van der Waals surface area contributed by atoms with Gasteiger partial charge in [0, 0.05) is 17.3 Å². The molecule has 2 N–H and O–H groups in total. The van der Waals surface area contributed by atoms with E-state index in [1.807, 2.05) is 5.38 Å². The first-order valence-electron chi connectivity index (χ1n) is 5.20. The molecule has 1 aliphatic rings. The molecule has 16 heavy (non-hydrogen) atoms. The highest BCUT2D eigenvalue weighted by atomic mass is 32.1. The van der Waals surface area contributed by atoms with Crippen LogP contribution >= 0.6 is 11.3 Å². The maximum atomic E-state index is 5.51. The van der Waals surface area contributed by atoms with Crippen molar-refractivity contribution in [2.45, 2.75) is 31.7 Å². The monoisotopic (exact) mass is 236 g/mol. The van der Waals surface area contributed by atoms with Crippen LogP contribution in [0.25, 0.3) is 11.6 Å². The molecular formula is C10H12N4OS. The summed E-state index contributed by atoms with van der Waals surface area (Å²) in [5.41, 5.74) is 6.37. The van der Waals surface area contributed by atoms with Crippen molar-refractivity contribution in [3.8, 4) is 11.6 Å². The lowest BCUT2D eigenvalue weighted by atomic mass is 10.1. The predicted molar refractivity (Wildman–Crippen MR) is 59.9 cm³/mol. The zero-order chi connectivity index (χ0) is 11.2. The number of hydrogen-bond donors (Lipinski definition) is 1. The van der Waals surface area contributed by atoms with Gasteiger partial charge in [-0.3, -0.25) is 0 Å². The van der Waals surface area contributed by atoms with Gasteiger partial charge in [-0.2, -0.15) is 4.98 Å². The second kappa shape index (κ2) is 3.36. The Hall–Kier alpha value is -1.27. The molecule has 0 aromatic carbocycles. The van der Waals surface area contributed by atoms with E-state index in [1.165, 1.54) is 11.3 Å². The molecule has 0 amide bonds. The Morgan fingerprint density at radius 2 is 2.31 bits per heavy atom. The fourth-order valence-corrected chi connectivity index (χ4v) is 2.14. The molecule has 0 radical (unpaired) electrons. The van der Waals surface area contributed by atoms with Crippen molar-refractivity contribution in [1.82, 2.24) is 15.1 Å². The van der Waals surface area contributed by atoms with Crippen molar-refractivity contribution < 1.29 is 4.52 Å². The van der Waals surface area contributed by atoms with Crippen molar-refractivity contribution >= 4 is 11.3 Å². The van der Waals surface area contributed by atoms with Gasteiger partial charge >= 0.3 is 0 Å². The minimum atomic E-state index is 0.133. The van der Waals surface area contributed by atoms with E-state index in [0.717, 1.165) is 29.4 Å². The van der Waals surface area contributed by atoms with Crippen molar-refractivity contribution in [3.63, 3.8) is 0 Å². The Labute approximate surface area is 96.7 Å². The minimum absolute atomic E-state index is 0.133. The summed E-state index contributed by atoms with van der Waals surface area (Å²) in [6, 6.07) is 0. The van der Waals surface area contributed by atoms with Crippen LogP contribution in [0.15, 0.2) is 9.90 Å². The summed E-state index contributed by atoms with van der Waals surface area (Å²) >= 11 is 1.51. The smallest absolute Gasteiger partial charge is 0.277 e. The lowest BCUT2D eigenvalue weighted by molar-refractivity contribution is 0.415. The second-order valence-corrected chi connectivity index (χ2v) is 5.26. The summed E-state index contributed by atoms with van der Waals surface area (Å²) in [5.74, 6) is 1.30. The standard InChI is InChI=1S/C10H12N4OS/c1-10(2-3-10)9-13-8(15-14-9)6-5-16-7(4-11)12-6/h5H,2-4,11H2,1H3. The van der Waals surface area contributed by atoms with Crippen molar-refractivity contribution in [2.24, 2.45) is 5.73 Å². The molecule has 84 valence electrons. The highest BCUT2D eigenvalue weighted by molar-refractivity contribution is 7.09. The average Bonchev–Trinajstić information content (AvgIpc) is 2.80. The summed E-state index contributed by atoms with van der Waals surface area (Å²) < 4.78 is 5.22. The molecule has 2 heterocycles. The van der Waals surface area contributed by atoms with Crippen LogP contribution in [0.4, 0.5) is 0 Å². The van der Waals surface area contributed by atoms with Crippen molar-refractivity contribution in [1.29, 1.82) is 0 Å². The second-order valence-electron chi connectivity index (χ2n) is 4.31. The van der Waals surface area contributed by atoms with Crippen LogP contribution in [-0.2, 0) is 12.0 Å². The molecule has 5 nitrogen and oxygen atoms in total. The third kappa shape index (κ3) is 1.54. The first-order valence-corrected chi connectivity index (χ1v) is 6.08. The molecule has 0 saturated heterocycles. The van der Waals surface area contributed by atoms with Crippen LogP contribution in [0.3, 0.4) is 0 Å². The van der Waals surface area contributed by atoms with Gasteiger partial charge < -0.3 is 10.3 Å². The van der Waals surface area contributed by atoms with Crippen LogP contribution in [0, 0.1) is 0 Å². The summed E-state index contributed by atoms with van der Waals surface area (Å²) in [5, 5.41) is 6.79. The molecular weight excluding hydrogens is 224 g/mol. The molecule has 1 fully saturated rings. The molecule has 0 unspecified atom stereocenters. The van der Waals surface area contributed by atoms with E-state index in [-0.39, 0.29) is 5.41 Å². The van der Waals surface area contributed by atoms with Crippen molar-refractivity contribution in [2.75, 3.05) is 0 Å². The van der Waals surface area contributed by atoms with Crippen LogP contribution in [0.5, 0.6) is 0 Å². The Balaban J connectivity index is 1.92. The van der Waals surface area contributed by atoms with Gasteiger partial charge in [-0.1, -0.05) is 12.1 Å². The van der Waals surface area contributed by atoms with Crippen LogP contribution in [0.1, 0.15) is 30.6 Å². The Morgan fingerprint density at radius 1 is 1.50 bits per heavy atom. The van der Waals surface area contributed by atoms with Gasteiger partial charge in [-0.15, -0.1) is 11.3 Å². The zero-order valence-electron chi connectivity index (χ0n) is 8.93. The minimum Gasteiger partial charge on any atom is -0.332 e. The number of thiazole rings is 1. The SMILES string of the molecule is CC1(c2noc(-c3csc(CN)n3)n2)CC1. The van der Waals surface area contributed by atoms with E-state index >= 15 is 0 Å². The third-order valence-electron chi connectivity index (χ3n) is 2.91. The van der Waals surface area contributed by atoms with Gasteiger partial charge in [-0.05, 0) is 12.8 Å². The van der Waals surface area contributed by atoms with E-state index in [2.05, 4.69) is 22.0 Å². The van der Waals surface area contributed by atoms with Gasteiger partial charge in [0.25, 0.3) is 5.89 Å². The maximum Gasteiger partial charge on any atom is 0.277 e. The first kappa shape index (κ1) is 9.92. The first-order chi connectivity index (χ1) is 7.71. The lowest BCUT2D eigenvalue weighted by Crippen LogP contribution is -2.01. The van der Waals surface area contributed by atoms with Gasteiger partial charge in [0.05, 0.1) is 0 Å². The number of nitrogens with two attached hydrogens (primary N) is 1. The van der Waals surface area contributed by atoms with E-state index in [4.69, 9.17) is 10.3 Å². The number of aromatic nitrogens is 3. The predicted octanol–water partition coefficient (Wildman–Crippen LogP) is 1.70. The fraction of sp³-hybridized carbons (Fsp3) is 0.500. The number of rotatable bonds is 3. The Kier molecular flexibility index (Phi) is 2.08. The maximum absolute atomic E-state index is 5.51. The van der Waals surface area contributed by atoms with Gasteiger partial charge in [0.2, 0.25) is 0 Å². The summed E-state index contributed by atoms with van der Waals surface area (Å²) in [6.07, 6.45) is 2.27. The van der Waals surface area contributed by atoms with E-state index in [9.17, 15) is 0 Å².